The van der Waals surface area contributed by atoms with E-state index in [1.807, 2.05) is 31.2 Å². The molecule has 1 aromatic carbocycles. The van der Waals surface area contributed by atoms with E-state index in [9.17, 15) is 19.5 Å². The Hall–Kier alpha value is -3.57. The standard InChI is InChI=1S/C27H33N5O6/c1-4-13-30(16-31-19-10-8-7-9-18(19)28-29-31)25(35)23-27-12-11-20(38-27)21(26(36)37-14-5-2)22(27)24(34)32(23)17(6-3)15-33/h4-5,7-10,17,20-23,33H,1-2,6,11-16H2,3H3/t17-,20-,21+,22-,23?,27?/m0/s1. The Bertz CT molecular complexity index is 1260. The van der Waals surface area contributed by atoms with Crippen molar-refractivity contribution in [2.45, 2.75) is 56.6 Å². The number of benzene rings is 1. The van der Waals surface area contributed by atoms with Crippen LogP contribution in [0.15, 0.2) is 49.6 Å². The zero-order chi connectivity index (χ0) is 27.0. The average Bonchev–Trinajstić information content (AvgIpc) is 3.67. The number of aromatic nitrogens is 3. The number of rotatable bonds is 11. The Morgan fingerprint density at radius 1 is 1.34 bits per heavy atom. The molecular formula is C27H33N5O6. The van der Waals surface area contributed by atoms with E-state index in [1.165, 1.54) is 11.0 Å². The minimum atomic E-state index is -1.19. The van der Waals surface area contributed by atoms with Crippen molar-refractivity contribution in [3.8, 4) is 0 Å². The predicted molar refractivity (Wildman–Crippen MR) is 136 cm³/mol. The van der Waals surface area contributed by atoms with Gasteiger partial charge in [-0.3, -0.25) is 14.4 Å². The summed E-state index contributed by atoms with van der Waals surface area (Å²) in [5, 5.41) is 18.6. The van der Waals surface area contributed by atoms with Crippen LogP contribution in [0.2, 0.25) is 0 Å². The van der Waals surface area contributed by atoms with E-state index >= 15 is 0 Å². The fourth-order valence-electron chi connectivity index (χ4n) is 6.41. The summed E-state index contributed by atoms with van der Waals surface area (Å²) in [4.78, 5) is 44.4. The Morgan fingerprint density at radius 3 is 2.84 bits per heavy atom. The van der Waals surface area contributed by atoms with Gasteiger partial charge in [0.15, 0.2) is 0 Å². The molecule has 3 fully saturated rings. The highest BCUT2D eigenvalue weighted by Crippen LogP contribution is 2.59. The molecule has 5 rings (SSSR count). The summed E-state index contributed by atoms with van der Waals surface area (Å²) in [7, 11) is 0. The van der Waals surface area contributed by atoms with Crippen molar-refractivity contribution in [2.24, 2.45) is 11.8 Å². The Kier molecular flexibility index (Phi) is 7.06. The molecule has 11 heteroatoms. The van der Waals surface area contributed by atoms with E-state index < -0.39 is 41.6 Å². The lowest BCUT2D eigenvalue weighted by Gasteiger charge is -2.39. The summed E-state index contributed by atoms with van der Waals surface area (Å²) in [5.41, 5.74) is 0.262. The van der Waals surface area contributed by atoms with Crippen LogP contribution in [0.1, 0.15) is 26.2 Å². The maximum absolute atomic E-state index is 14.4. The molecule has 11 nitrogen and oxygen atoms in total. The third-order valence-electron chi connectivity index (χ3n) is 8.05. The molecule has 1 spiro atoms. The average molecular weight is 524 g/mol. The van der Waals surface area contributed by atoms with Crippen LogP contribution in [0.5, 0.6) is 0 Å². The van der Waals surface area contributed by atoms with Crippen LogP contribution in [-0.2, 0) is 30.5 Å². The summed E-state index contributed by atoms with van der Waals surface area (Å²) in [5.74, 6) is -2.94. The zero-order valence-corrected chi connectivity index (χ0v) is 21.4. The van der Waals surface area contributed by atoms with E-state index in [4.69, 9.17) is 9.47 Å². The number of hydrogen-bond acceptors (Lipinski definition) is 8. The van der Waals surface area contributed by atoms with Gasteiger partial charge in [-0.25, -0.2) is 4.68 Å². The number of aliphatic hydroxyl groups is 1. The van der Waals surface area contributed by atoms with Gasteiger partial charge in [-0.1, -0.05) is 43.0 Å². The molecule has 4 heterocycles. The van der Waals surface area contributed by atoms with Crippen molar-refractivity contribution in [1.29, 1.82) is 0 Å². The highest BCUT2D eigenvalue weighted by atomic mass is 16.6. The quantitative estimate of drug-likeness (QED) is 0.345. The minimum Gasteiger partial charge on any atom is -0.461 e. The van der Waals surface area contributed by atoms with Crippen LogP contribution in [0.3, 0.4) is 0 Å². The maximum Gasteiger partial charge on any atom is 0.312 e. The molecule has 0 radical (unpaired) electrons. The highest BCUT2D eigenvalue weighted by molar-refractivity contribution is 5.98. The lowest BCUT2D eigenvalue weighted by molar-refractivity contribution is -0.156. The number of para-hydroxylation sites is 1. The zero-order valence-electron chi connectivity index (χ0n) is 21.4. The van der Waals surface area contributed by atoms with Crippen LogP contribution >= 0.6 is 0 Å². The Balaban J connectivity index is 1.53. The fourth-order valence-corrected chi connectivity index (χ4v) is 6.41. The fraction of sp³-hybridized carbons (Fsp3) is 0.519. The van der Waals surface area contributed by atoms with Crippen LogP contribution < -0.4 is 0 Å². The first-order valence-electron chi connectivity index (χ1n) is 13.0. The van der Waals surface area contributed by atoms with Crippen molar-refractivity contribution < 1.29 is 29.0 Å². The van der Waals surface area contributed by atoms with Crippen molar-refractivity contribution in [2.75, 3.05) is 19.8 Å². The number of aliphatic hydroxyl groups excluding tert-OH is 1. The van der Waals surface area contributed by atoms with E-state index in [2.05, 4.69) is 23.5 Å². The molecule has 202 valence electrons. The van der Waals surface area contributed by atoms with Gasteiger partial charge < -0.3 is 24.4 Å². The number of ether oxygens (including phenoxy) is 2. The summed E-state index contributed by atoms with van der Waals surface area (Å²) in [6, 6.07) is 5.80. The number of likely N-dealkylation sites (tertiary alicyclic amines) is 1. The molecule has 3 aliphatic rings. The molecule has 0 saturated carbocycles. The second-order valence-corrected chi connectivity index (χ2v) is 10.0. The molecule has 6 atom stereocenters. The second kappa shape index (κ2) is 10.3. The highest BCUT2D eigenvalue weighted by Gasteiger charge is 2.75. The SMILES string of the molecule is C=CCOC(=O)[C@@H]1[C@@H]2CCC3(O2)C(C(=O)N(CC=C)Cn2nnc4ccccc42)N([C@@H](CC)CO)C(=O)[C@H]13. The van der Waals surface area contributed by atoms with Gasteiger partial charge in [0.25, 0.3) is 0 Å². The van der Waals surface area contributed by atoms with Gasteiger partial charge in [0.1, 0.15) is 30.4 Å². The van der Waals surface area contributed by atoms with Crippen LogP contribution in [0.4, 0.5) is 0 Å². The van der Waals surface area contributed by atoms with E-state index in [0.717, 1.165) is 5.52 Å². The van der Waals surface area contributed by atoms with Gasteiger partial charge in [-0.2, -0.15) is 0 Å². The van der Waals surface area contributed by atoms with Gasteiger partial charge in [-0.15, -0.1) is 11.7 Å². The second-order valence-electron chi connectivity index (χ2n) is 10.0. The largest absolute Gasteiger partial charge is 0.461 e. The number of carbonyl (C=O) groups is 3. The first-order chi connectivity index (χ1) is 18.4. The molecule has 3 aliphatic heterocycles. The topological polar surface area (TPSA) is 127 Å². The monoisotopic (exact) mass is 523 g/mol. The molecule has 2 bridgehead atoms. The maximum atomic E-state index is 14.4. The number of fused-ring (bicyclic) bond motifs is 2. The van der Waals surface area contributed by atoms with E-state index in [0.29, 0.717) is 24.8 Å². The smallest absolute Gasteiger partial charge is 0.312 e. The minimum absolute atomic E-state index is 0.0231. The Labute approximate surface area is 220 Å². The molecule has 0 aliphatic carbocycles. The Morgan fingerprint density at radius 2 is 2.13 bits per heavy atom. The summed E-state index contributed by atoms with van der Waals surface area (Å²) in [6.45, 7) is 9.22. The van der Waals surface area contributed by atoms with Crippen molar-refractivity contribution >= 4 is 28.8 Å². The summed E-state index contributed by atoms with van der Waals surface area (Å²) < 4.78 is 13.4. The molecule has 38 heavy (non-hydrogen) atoms. The van der Waals surface area contributed by atoms with Crippen molar-refractivity contribution in [3.63, 3.8) is 0 Å². The van der Waals surface area contributed by atoms with Crippen LogP contribution in [-0.4, -0.2) is 91.2 Å². The molecule has 3 saturated heterocycles. The third-order valence-corrected chi connectivity index (χ3v) is 8.05. The van der Waals surface area contributed by atoms with Crippen LogP contribution in [0.25, 0.3) is 11.0 Å². The molecule has 2 aromatic rings. The summed E-state index contributed by atoms with van der Waals surface area (Å²) >= 11 is 0. The van der Waals surface area contributed by atoms with Gasteiger partial charge in [0, 0.05) is 6.54 Å². The number of amides is 2. The first kappa shape index (κ1) is 26.1. The van der Waals surface area contributed by atoms with Gasteiger partial charge in [0.05, 0.1) is 36.1 Å². The van der Waals surface area contributed by atoms with E-state index in [-0.39, 0.29) is 38.2 Å². The van der Waals surface area contributed by atoms with Gasteiger partial charge >= 0.3 is 5.97 Å². The van der Waals surface area contributed by atoms with Gasteiger partial charge in [-0.05, 0) is 31.4 Å². The van der Waals surface area contributed by atoms with Crippen molar-refractivity contribution in [1.82, 2.24) is 24.8 Å². The number of carbonyl (C=O) groups excluding carboxylic acids is 3. The lowest BCUT2D eigenvalue weighted by atomic mass is 9.70. The van der Waals surface area contributed by atoms with Gasteiger partial charge in [0.2, 0.25) is 11.8 Å². The number of hydrogen-bond donors (Lipinski definition) is 1. The molecule has 1 aromatic heterocycles. The number of esters is 1. The lowest BCUT2D eigenvalue weighted by Crippen LogP contribution is -2.58. The van der Waals surface area contributed by atoms with Crippen LogP contribution in [0, 0.1) is 11.8 Å². The molecule has 2 amide bonds. The normalized spacial score (nSPS) is 28.4. The molecular weight excluding hydrogens is 490 g/mol. The van der Waals surface area contributed by atoms with E-state index in [1.54, 1.807) is 15.7 Å². The predicted octanol–water partition coefficient (Wildman–Crippen LogP) is 1.28. The molecule has 2 unspecified atom stereocenters. The molecule has 1 N–H and O–H groups in total. The summed E-state index contributed by atoms with van der Waals surface area (Å²) in [6.07, 6.45) is 3.97. The third kappa shape index (κ3) is 3.92. The van der Waals surface area contributed by atoms with Crippen molar-refractivity contribution in [3.05, 3.63) is 49.6 Å². The number of nitrogens with zero attached hydrogens (tertiary/aromatic N) is 5. The first-order valence-corrected chi connectivity index (χ1v) is 13.0.